The molecule has 4 aromatic rings. The van der Waals surface area contributed by atoms with E-state index in [-0.39, 0.29) is 45.7 Å². The number of fused-ring (bicyclic) bond motifs is 1. The number of halogens is 4. The third kappa shape index (κ3) is 4.62. The highest BCUT2D eigenvalue weighted by Gasteiger charge is 2.31. The lowest BCUT2D eigenvalue weighted by molar-refractivity contribution is 0.0572. The van der Waals surface area contributed by atoms with Gasteiger partial charge in [-0.3, -0.25) is 14.2 Å². The highest BCUT2D eigenvalue weighted by atomic mass is 35.5. The molecule has 9 nitrogen and oxygen atoms in total. The van der Waals surface area contributed by atoms with Gasteiger partial charge < -0.3 is 20.4 Å². The maximum absolute atomic E-state index is 14.8. The van der Waals surface area contributed by atoms with Crippen LogP contribution >= 0.6 is 23.2 Å². The lowest BCUT2D eigenvalue weighted by Crippen LogP contribution is -2.26. The third-order valence-electron chi connectivity index (χ3n) is 5.88. The zero-order valence-electron chi connectivity index (χ0n) is 18.7. The lowest BCUT2D eigenvalue weighted by Gasteiger charge is -2.19. The summed E-state index contributed by atoms with van der Waals surface area (Å²) in [6.45, 7) is 0.151. The zero-order valence-corrected chi connectivity index (χ0v) is 20.2. The minimum absolute atomic E-state index is 0.0625. The number of hydrogen-bond acceptors (Lipinski definition) is 7. The number of benzene rings is 1. The fourth-order valence-corrected chi connectivity index (χ4v) is 4.52. The number of carbonyl (C=O) groups excluding carboxylic acids is 1. The molecule has 0 saturated carbocycles. The molecular formula is C24H17Cl2F2N5O4. The normalized spacial score (nSPS) is 17.4. The van der Waals surface area contributed by atoms with Gasteiger partial charge in [0.2, 0.25) is 5.43 Å². The van der Waals surface area contributed by atoms with Crippen LogP contribution in [-0.4, -0.2) is 56.0 Å². The van der Waals surface area contributed by atoms with Crippen molar-refractivity contribution in [1.29, 1.82) is 0 Å². The van der Waals surface area contributed by atoms with E-state index in [1.54, 1.807) is 11.0 Å². The average molecular weight is 548 g/mol. The number of rotatable bonds is 4. The molecule has 2 atom stereocenters. The molecule has 1 aliphatic rings. The molecule has 1 aliphatic heterocycles. The van der Waals surface area contributed by atoms with Gasteiger partial charge in [-0.05, 0) is 24.3 Å². The molecule has 0 aliphatic carbocycles. The highest BCUT2D eigenvalue weighted by Crippen LogP contribution is 2.30. The van der Waals surface area contributed by atoms with Crippen LogP contribution in [0.5, 0.6) is 0 Å². The molecular weight excluding hydrogens is 531 g/mol. The fraction of sp³-hybridized carbons (Fsp3) is 0.167. The van der Waals surface area contributed by atoms with Crippen molar-refractivity contribution in [2.45, 2.75) is 12.2 Å². The van der Waals surface area contributed by atoms with E-state index in [9.17, 15) is 28.6 Å². The summed E-state index contributed by atoms with van der Waals surface area (Å²) in [7, 11) is 0. The monoisotopic (exact) mass is 547 g/mol. The first-order valence-corrected chi connectivity index (χ1v) is 11.6. The Hall–Kier alpha value is -3.64. The number of carbonyl (C=O) groups is 1. The van der Waals surface area contributed by atoms with Crippen LogP contribution in [0, 0.1) is 11.6 Å². The first-order chi connectivity index (χ1) is 17.6. The summed E-state index contributed by atoms with van der Waals surface area (Å²) < 4.78 is 29.5. The average Bonchev–Trinajstić information content (AvgIpc) is 3.20. The van der Waals surface area contributed by atoms with Gasteiger partial charge in [0.05, 0.1) is 39.5 Å². The van der Waals surface area contributed by atoms with Crippen LogP contribution in [0.15, 0.2) is 53.6 Å². The number of amides is 1. The molecule has 1 aromatic carbocycles. The summed E-state index contributed by atoms with van der Waals surface area (Å²) in [6.07, 6.45) is -0.182. The molecule has 1 saturated heterocycles. The van der Waals surface area contributed by atoms with E-state index in [1.165, 1.54) is 24.3 Å². The van der Waals surface area contributed by atoms with E-state index in [2.05, 4.69) is 15.3 Å². The summed E-state index contributed by atoms with van der Waals surface area (Å²) in [5, 5.41) is 22.5. The van der Waals surface area contributed by atoms with Gasteiger partial charge >= 0.3 is 0 Å². The quantitative estimate of drug-likeness (QED) is 0.359. The summed E-state index contributed by atoms with van der Waals surface area (Å²) in [4.78, 5) is 36.3. The Morgan fingerprint density at radius 2 is 1.76 bits per heavy atom. The van der Waals surface area contributed by atoms with Gasteiger partial charge in [-0.2, -0.15) is 0 Å². The molecule has 0 radical (unpaired) electrons. The molecule has 190 valence electrons. The van der Waals surface area contributed by atoms with E-state index in [4.69, 9.17) is 23.2 Å². The Labute approximate surface area is 217 Å². The van der Waals surface area contributed by atoms with Crippen molar-refractivity contribution in [3.05, 3.63) is 86.3 Å². The van der Waals surface area contributed by atoms with Crippen molar-refractivity contribution in [3.63, 3.8) is 0 Å². The Balaban J connectivity index is 1.69. The number of para-hydroxylation sites is 1. The number of nitrogens with zero attached hydrogens (tertiary/aromatic N) is 4. The number of aliphatic hydroxyl groups excluding tert-OH is 2. The Morgan fingerprint density at radius 3 is 2.41 bits per heavy atom. The Morgan fingerprint density at radius 1 is 1.08 bits per heavy atom. The molecule has 3 N–H and O–H groups in total. The van der Waals surface area contributed by atoms with E-state index in [0.29, 0.717) is 6.07 Å². The molecule has 0 spiro atoms. The van der Waals surface area contributed by atoms with Gasteiger partial charge in [-0.25, -0.2) is 18.7 Å². The molecule has 1 unspecified atom stereocenters. The minimum Gasteiger partial charge on any atom is -0.389 e. The molecule has 1 fully saturated rings. The van der Waals surface area contributed by atoms with Gasteiger partial charge in [-0.1, -0.05) is 29.3 Å². The zero-order chi connectivity index (χ0) is 26.4. The number of β-amino-alcohol motifs (C(OH)–C–C–N with tert-alkyl or cyclic N) is 2. The van der Waals surface area contributed by atoms with Crippen LogP contribution in [-0.2, 0) is 0 Å². The van der Waals surface area contributed by atoms with E-state index >= 15 is 0 Å². The number of nitrogens with one attached hydrogen (secondary N) is 1. The van der Waals surface area contributed by atoms with Crippen molar-refractivity contribution in [2.75, 3.05) is 23.3 Å². The summed E-state index contributed by atoms with van der Waals surface area (Å²) in [5.74, 6) is -3.01. The van der Waals surface area contributed by atoms with Crippen LogP contribution in [0.2, 0.25) is 10.0 Å². The first kappa shape index (κ1) is 25.0. The minimum atomic E-state index is -1.07. The second kappa shape index (κ2) is 9.67. The predicted molar refractivity (Wildman–Crippen MR) is 134 cm³/mol. The first-order valence-electron chi connectivity index (χ1n) is 10.9. The Kier molecular flexibility index (Phi) is 6.54. The second-order valence-electron chi connectivity index (χ2n) is 8.33. The maximum atomic E-state index is 14.8. The molecule has 0 bridgehead atoms. The van der Waals surface area contributed by atoms with Crippen LogP contribution in [0.25, 0.3) is 16.9 Å². The van der Waals surface area contributed by atoms with Crippen molar-refractivity contribution in [2.24, 2.45) is 0 Å². The number of aromatic nitrogens is 3. The number of hydrogen-bond donors (Lipinski definition) is 3. The van der Waals surface area contributed by atoms with Crippen molar-refractivity contribution >= 4 is 51.6 Å². The molecule has 5 rings (SSSR count). The standard InChI is InChI=1S/C24H17Cl2F2N5O4/c25-14-2-1-3-15(26)20(14)31-24(37)13-8-33(23-16(28)6-11(27)7-29-23)22-12(21(13)36)4-5-19(30-22)32-9-17(34)18(35)10-32/h1-8,17-18,34-35H,9-10H2,(H,31,37)/t17-,18?/m1/s1. The van der Waals surface area contributed by atoms with Crippen molar-refractivity contribution < 1.29 is 23.8 Å². The number of pyridine rings is 3. The summed E-state index contributed by atoms with van der Waals surface area (Å²) in [6, 6.07) is 8.03. The van der Waals surface area contributed by atoms with Crippen molar-refractivity contribution in [1.82, 2.24) is 14.5 Å². The van der Waals surface area contributed by atoms with Gasteiger partial charge in [0.15, 0.2) is 17.3 Å². The molecule has 37 heavy (non-hydrogen) atoms. The highest BCUT2D eigenvalue weighted by molar-refractivity contribution is 6.40. The van der Waals surface area contributed by atoms with E-state index < -0.39 is 46.6 Å². The largest absolute Gasteiger partial charge is 0.389 e. The van der Waals surface area contributed by atoms with Gasteiger partial charge in [-0.15, -0.1) is 0 Å². The number of aliphatic hydroxyl groups is 2. The smallest absolute Gasteiger partial charge is 0.261 e. The molecule has 1 amide bonds. The predicted octanol–water partition coefficient (Wildman–Crippen LogP) is 3.16. The van der Waals surface area contributed by atoms with E-state index in [0.717, 1.165) is 17.0 Å². The lowest BCUT2D eigenvalue weighted by atomic mass is 10.1. The van der Waals surface area contributed by atoms with Crippen LogP contribution in [0.4, 0.5) is 20.3 Å². The summed E-state index contributed by atoms with van der Waals surface area (Å²) in [5.41, 5.74) is -1.14. The van der Waals surface area contributed by atoms with Gasteiger partial charge in [0.25, 0.3) is 5.91 Å². The summed E-state index contributed by atoms with van der Waals surface area (Å²) >= 11 is 12.3. The van der Waals surface area contributed by atoms with Gasteiger partial charge in [0, 0.05) is 25.4 Å². The number of anilines is 2. The second-order valence-corrected chi connectivity index (χ2v) is 9.15. The fourth-order valence-electron chi connectivity index (χ4n) is 4.03. The molecule has 3 aromatic heterocycles. The molecule has 4 heterocycles. The van der Waals surface area contributed by atoms with Crippen LogP contribution in [0.3, 0.4) is 0 Å². The molecule has 13 heteroatoms. The van der Waals surface area contributed by atoms with E-state index in [1.807, 2.05) is 0 Å². The van der Waals surface area contributed by atoms with Gasteiger partial charge in [0.1, 0.15) is 17.2 Å². The van der Waals surface area contributed by atoms with Crippen LogP contribution in [0.1, 0.15) is 10.4 Å². The van der Waals surface area contributed by atoms with Crippen molar-refractivity contribution in [3.8, 4) is 5.82 Å². The third-order valence-corrected chi connectivity index (χ3v) is 6.51. The topological polar surface area (TPSA) is 121 Å². The Bertz CT molecular complexity index is 1590. The SMILES string of the molecule is O=C(Nc1c(Cl)cccc1Cl)c1cn(-c2ncc(F)cc2F)c2nc(N3CC(O)[C@H](O)C3)ccc2c1=O. The van der Waals surface area contributed by atoms with Crippen LogP contribution < -0.4 is 15.6 Å². The maximum Gasteiger partial charge on any atom is 0.261 e.